The summed E-state index contributed by atoms with van der Waals surface area (Å²) in [7, 11) is -3.62. The summed E-state index contributed by atoms with van der Waals surface area (Å²) < 4.78 is 27.9. The van der Waals surface area contributed by atoms with Crippen LogP contribution in [0.1, 0.15) is 11.1 Å². The molecule has 0 atom stereocenters. The second kappa shape index (κ2) is 6.75. The number of sulfonamides is 1. The van der Waals surface area contributed by atoms with Crippen molar-refractivity contribution in [2.75, 3.05) is 4.72 Å². The van der Waals surface area contributed by atoms with E-state index in [-0.39, 0.29) is 4.90 Å². The Kier molecular flexibility index (Phi) is 4.41. The minimum Gasteiger partial charge on any atom is -0.279 e. The summed E-state index contributed by atoms with van der Waals surface area (Å²) in [5.41, 5.74) is 4.20. The number of hydrogen-bond donors (Lipinski definition) is 1. The molecule has 2 aromatic heterocycles. The van der Waals surface area contributed by atoms with Crippen LogP contribution in [0.3, 0.4) is 0 Å². The van der Waals surface area contributed by atoms with E-state index in [4.69, 9.17) is 0 Å². The maximum atomic E-state index is 12.6. The van der Waals surface area contributed by atoms with E-state index in [1.54, 1.807) is 36.5 Å². The predicted octanol–water partition coefficient (Wildman–Crippen LogP) is 4.78. The highest BCUT2D eigenvalue weighted by Crippen LogP contribution is 2.31. The molecule has 2 aromatic carbocycles. The molecule has 2 heterocycles. The fourth-order valence-corrected chi connectivity index (χ4v) is 4.76. The van der Waals surface area contributed by atoms with E-state index in [2.05, 4.69) is 14.7 Å². The summed E-state index contributed by atoms with van der Waals surface area (Å²) in [6.45, 7) is 3.80. The first kappa shape index (κ1) is 17.6. The summed E-state index contributed by atoms with van der Waals surface area (Å²) in [5.74, 6) is 0. The Hall–Kier alpha value is -2.77. The van der Waals surface area contributed by atoms with Crippen LogP contribution < -0.4 is 4.72 Å². The lowest BCUT2D eigenvalue weighted by Gasteiger charge is -2.11. The van der Waals surface area contributed by atoms with Crippen molar-refractivity contribution in [1.29, 1.82) is 0 Å². The molecule has 0 bridgehead atoms. The molecule has 0 fully saturated rings. The second-order valence-electron chi connectivity index (χ2n) is 6.29. The lowest BCUT2D eigenvalue weighted by atomic mass is 10.1. The predicted molar refractivity (Wildman–Crippen MR) is 110 cm³/mol. The van der Waals surface area contributed by atoms with Gasteiger partial charge in [-0.1, -0.05) is 29.0 Å². The summed E-state index contributed by atoms with van der Waals surface area (Å²) in [4.78, 5) is 10.0. The number of aryl methyl sites for hydroxylation is 2. The molecule has 0 radical (unpaired) electrons. The molecule has 5 nitrogen and oxygen atoms in total. The lowest BCUT2D eigenvalue weighted by Crippen LogP contribution is -2.13. The van der Waals surface area contributed by atoms with E-state index >= 15 is 0 Å². The Morgan fingerprint density at radius 3 is 2.48 bits per heavy atom. The van der Waals surface area contributed by atoms with Crippen molar-refractivity contribution < 1.29 is 8.42 Å². The van der Waals surface area contributed by atoms with Crippen molar-refractivity contribution in [2.45, 2.75) is 18.7 Å². The molecular weight excluding hydrogens is 378 g/mol. The van der Waals surface area contributed by atoms with E-state index in [0.717, 1.165) is 32.0 Å². The van der Waals surface area contributed by atoms with E-state index in [1.165, 1.54) is 11.3 Å². The molecule has 0 saturated carbocycles. The number of aromatic nitrogens is 2. The number of nitrogens with zero attached hydrogens (tertiary/aromatic N) is 2. The van der Waals surface area contributed by atoms with E-state index in [9.17, 15) is 8.42 Å². The van der Waals surface area contributed by atoms with Gasteiger partial charge in [0.05, 0.1) is 10.6 Å². The van der Waals surface area contributed by atoms with Crippen LogP contribution in [-0.4, -0.2) is 18.4 Å². The third kappa shape index (κ3) is 3.56. The van der Waals surface area contributed by atoms with Crippen LogP contribution in [0.5, 0.6) is 0 Å². The topological polar surface area (TPSA) is 72.0 Å². The third-order valence-corrected chi connectivity index (χ3v) is 6.63. The van der Waals surface area contributed by atoms with Gasteiger partial charge in [0.25, 0.3) is 10.0 Å². The van der Waals surface area contributed by atoms with Crippen molar-refractivity contribution in [1.82, 2.24) is 9.97 Å². The fraction of sp³-hybridized carbons (Fsp3) is 0.100. The van der Waals surface area contributed by atoms with Crippen molar-refractivity contribution >= 4 is 37.4 Å². The first-order valence-electron chi connectivity index (χ1n) is 8.34. The van der Waals surface area contributed by atoms with Crippen molar-refractivity contribution in [3.8, 4) is 10.6 Å². The van der Waals surface area contributed by atoms with Crippen LogP contribution in [0.15, 0.2) is 65.7 Å². The van der Waals surface area contributed by atoms with Crippen molar-refractivity contribution in [3.63, 3.8) is 0 Å². The molecule has 0 aliphatic heterocycles. The van der Waals surface area contributed by atoms with Crippen LogP contribution in [0, 0.1) is 13.8 Å². The summed E-state index contributed by atoms with van der Waals surface area (Å²) in [5, 5.41) is 0.861. The molecule has 0 unspecified atom stereocenters. The highest BCUT2D eigenvalue weighted by Gasteiger charge is 2.16. The summed E-state index contributed by atoms with van der Waals surface area (Å²) in [6.07, 6.45) is 1.75. The maximum absolute atomic E-state index is 12.6. The Morgan fingerprint density at radius 2 is 1.78 bits per heavy atom. The van der Waals surface area contributed by atoms with Gasteiger partial charge in [-0.05, 0) is 61.9 Å². The van der Waals surface area contributed by atoms with Gasteiger partial charge in [-0.3, -0.25) is 4.72 Å². The quantitative estimate of drug-likeness (QED) is 0.540. The molecule has 7 heteroatoms. The molecule has 1 N–H and O–H groups in total. The van der Waals surface area contributed by atoms with Gasteiger partial charge in [0.2, 0.25) is 0 Å². The number of hydrogen-bond acceptors (Lipinski definition) is 5. The van der Waals surface area contributed by atoms with E-state index < -0.39 is 10.0 Å². The molecule has 0 saturated heterocycles. The van der Waals surface area contributed by atoms with Gasteiger partial charge >= 0.3 is 0 Å². The average Bonchev–Trinajstić information content (AvgIpc) is 3.08. The van der Waals surface area contributed by atoms with Crippen LogP contribution in [0.2, 0.25) is 0 Å². The minimum atomic E-state index is -3.62. The van der Waals surface area contributed by atoms with Gasteiger partial charge in [-0.15, -0.1) is 0 Å². The standard InChI is InChI=1S/C20H17N3O2S2/c1-13-5-8-16(9-6-13)27(24,25)23-17-10-7-15(12-14(17)2)19-22-18-4-3-11-21-20(18)26-19/h3-12,23H,1-2H3. The zero-order chi connectivity index (χ0) is 19.0. The largest absolute Gasteiger partial charge is 0.279 e. The molecule has 4 aromatic rings. The van der Waals surface area contributed by atoms with Crippen LogP contribution in [-0.2, 0) is 10.0 Å². The highest BCUT2D eigenvalue weighted by molar-refractivity contribution is 7.92. The molecule has 136 valence electrons. The summed E-state index contributed by atoms with van der Waals surface area (Å²) in [6, 6.07) is 16.2. The minimum absolute atomic E-state index is 0.244. The first-order chi connectivity index (χ1) is 12.9. The number of rotatable bonds is 4. The summed E-state index contributed by atoms with van der Waals surface area (Å²) >= 11 is 1.52. The van der Waals surface area contributed by atoms with Gasteiger partial charge in [0.1, 0.15) is 15.4 Å². The molecule has 27 heavy (non-hydrogen) atoms. The molecule has 4 rings (SSSR count). The number of pyridine rings is 1. The van der Waals surface area contributed by atoms with Gasteiger partial charge in [0, 0.05) is 11.8 Å². The lowest BCUT2D eigenvalue weighted by molar-refractivity contribution is 0.601. The SMILES string of the molecule is Cc1ccc(S(=O)(=O)Nc2ccc(-c3nc4cccnc4s3)cc2C)cc1. The van der Waals surface area contributed by atoms with Crippen molar-refractivity contribution in [2.24, 2.45) is 0 Å². The second-order valence-corrected chi connectivity index (χ2v) is 8.95. The maximum Gasteiger partial charge on any atom is 0.261 e. The molecular formula is C20H17N3O2S2. The monoisotopic (exact) mass is 395 g/mol. The van der Waals surface area contributed by atoms with Crippen LogP contribution in [0.4, 0.5) is 5.69 Å². The Morgan fingerprint density at radius 1 is 1.00 bits per heavy atom. The van der Waals surface area contributed by atoms with Gasteiger partial charge < -0.3 is 0 Å². The number of thiazole rings is 1. The van der Waals surface area contributed by atoms with E-state index in [1.807, 2.05) is 38.1 Å². The Labute approximate surface area is 161 Å². The first-order valence-corrected chi connectivity index (χ1v) is 10.6. The van der Waals surface area contributed by atoms with Crippen LogP contribution in [0.25, 0.3) is 20.9 Å². The fourth-order valence-electron chi connectivity index (χ4n) is 2.73. The average molecular weight is 396 g/mol. The molecule has 0 aliphatic carbocycles. The molecule has 0 spiro atoms. The third-order valence-electron chi connectivity index (χ3n) is 4.22. The van der Waals surface area contributed by atoms with Gasteiger partial charge in [-0.25, -0.2) is 18.4 Å². The zero-order valence-electron chi connectivity index (χ0n) is 14.8. The number of fused-ring (bicyclic) bond motifs is 1. The van der Waals surface area contributed by atoms with Crippen molar-refractivity contribution in [3.05, 3.63) is 71.9 Å². The van der Waals surface area contributed by atoms with Gasteiger partial charge in [-0.2, -0.15) is 0 Å². The number of benzene rings is 2. The Bertz CT molecular complexity index is 1200. The smallest absolute Gasteiger partial charge is 0.261 e. The van der Waals surface area contributed by atoms with Crippen LogP contribution >= 0.6 is 11.3 Å². The number of anilines is 1. The normalized spacial score (nSPS) is 11.6. The van der Waals surface area contributed by atoms with E-state index in [0.29, 0.717) is 5.69 Å². The zero-order valence-corrected chi connectivity index (χ0v) is 16.4. The Balaban J connectivity index is 1.64. The molecule has 0 aliphatic rings. The van der Waals surface area contributed by atoms with Gasteiger partial charge in [0.15, 0.2) is 0 Å². The number of nitrogens with one attached hydrogen (secondary N) is 1. The highest BCUT2D eigenvalue weighted by atomic mass is 32.2. The molecule has 0 amide bonds.